The fraction of sp³-hybridized carbons (Fsp3) is 0.300. The van der Waals surface area contributed by atoms with Gasteiger partial charge in [0.05, 0.1) is 22.2 Å². The van der Waals surface area contributed by atoms with Crippen LogP contribution in [0.2, 0.25) is 5.02 Å². The summed E-state index contributed by atoms with van der Waals surface area (Å²) >= 11 is 6.22. The number of amides is 1. The number of piperazine rings is 1. The fourth-order valence-electron chi connectivity index (χ4n) is 3.08. The molecule has 1 fully saturated rings. The first-order valence-corrected chi connectivity index (χ1v) is 8.72. The number of carbonyl (C=O) groups excluding carboxylic acids is 1. The molecule has 1 heterocycles. The lowest BCUT2D eigenvalue weighted by atomic mass is 10.1. The third kappa shape index (κ3) is 4.01. The van der Waals surface area contributed by atoms with Gasteiger partial charge < -0.3 is 4.90 Å². The molecule has 0 atom stereocenters. The Morgan fingerprint density at radius 1 is 1.16 bits per heavy atom. The molecule has 0 N–H and O–H groups in total. The van der Waals surface area contributed by atoms with Crippen LogP contribution in [0.15, 0.2) is 42.5 Å². The second kappa shape index (κ2) is 7.69. The summed E-state index contributed by atoms with van der Waals surface area (Å²) in [6.07, 6.45) is 0. The summed E-state index contributed by atoms with van der Waals surface area (Å²) in [5.41, 5.74) is 3.36. The van der Waals surface area contributed by atoms with E-state index in [4.69, 9.17) is 11.6 Å². The minimum Gasteiger partial charge on any atom is -0.336 e. The summed E-state index contributed by atoms with van der Waals surface area (Å²) in [7, 11) is 0. The van der Waals surface area contributed by atoms with Crippen LogP contribution in [0.25, 0.3) is 0 Å². The zero-order valence-electron chi connectivity index (χ0n) is 14.2. The lowest BCUT2D eigenvalue weighted by molar-refractivity contribution is 0.0628. The number of nitrogens with zero attached hydrogens (tertiary/aromatic N) is 3. The number of rotatable bonds is 3. The molecule has 0 aromatic heterocycles. The van der Waals surface area contributed by atoms with E-state index < -0.39 is 0 Å². The molecular weight excluding hydrogens is 334 g/mol. The van der Waals surface area contributed by atoms with E-state index in [0.29, 0.717) is 29.2 Å². The van der Waals surface area contributed by atoms with Crippen LogP contribution in [0.5, 0.6) is 0 Å². The monoisotopic (exact) mass is 353 g/mol. The number of halogens is 1. The molecule has 0 saturated carbocycles. The third-order valence-corrected chi connectivity index (χ3v) is 4.86. The van der Waals surface area contributed by atoms with Crippen molar-refractivity contribution in [1.82, 2.24) is 9.80 Å². The fourth-order valence-corrected chi connectivity index (χ4v) is 3.40. The second-order valence-corrected chi connectivity index (χ2v) is 6.73. The molecule has 1 aliphatic heterocycles. The number of carbonyl (C=O) groups is 1. The Morgan fingerprint density at radius 3 is 2.56 bits per heavy atom. The van der Waals surface area contributed by atoms with E-state index in [1.807, 2.05) is 48.2 Å². The van der Waals surface area contributed by atoms with Crippen LogP contribution in [0, 0.1) is 18.3 Å². The minimum atomic E-state index is -0.0120. The maximum Gasteiger partial charge on any atom is 0.255 e. The molecule has 1 amide bonds. The largest absolute Gasteiger partial charge is 0.336 e. The van der Waals surface area contributed by atoms with Gasteiger partial charge in [-0.25, -0.2) is 0 Å². The van der Waals surface area contributed by atoms with E-state index in [-0.39, 0.29) is 5.91 Å². The Kier molecular flexibility index (Phi) is 5.37. The van der Waals surface area contributed by atoms with Crippen LogP contribution in [-0.2, 0) is 6.54 Å². The Morgan fingerprint density at radius 2 is 1.88 bits per heavy atom. The highest BCUT2D eigenvalue weighted by atomic mass is 35.5. The van der Waals surface area contributed by atoms with E-state index in [1.165, 1.54) is 0 Å². The lowest BCUT2D eigenvalue weighted by Crippen LogP contribution is -2.48. The molecule has 0 unspecified atom stereocenters. The van der Waals surface area contributed by atoms with Crippen LogP contribution >= 0.6 is 11.6 Å². The molecule has 5 heteroatoms. The van der Waals surface area contributed by atoms with Crippen molar-refractivity contribution in [2.24, 2.45) is 0 Å². The molecule has 4 nitrogen and oxygen atoms in total. The van der Waals surface area contributed by atoms with Gasteiger partial charge in [0.15, 0.2) is 0 Å². The van der Waals surface area contributed by atoms with Crippen molar-refractivity contribution >= 4 is 17.5 Å². The number of hydrogen-bond donors (Lipinski definition) is 0. The van der Waals surface area contributed by atoms with Crippen LogP contribution < -0.4 is 0 Å². The van der Waals surface area contributed by atoms with E-state index >= 15 is 0 Å². The number of aryl methyl sites for hydroxylation is 1. The summed E-state index contributed by atoms with van der Waals surface area (Å²) in [5.74, 6) is -0.0120. The summed E-state index contributed by atoms with van der Waals surface area (Å²) < 4.78 is 0. The summed E-state index contributed by atoms with van der Waals surface area (Å²) in [6, 6.07) is 15.4. The van der Waals surface area contributed by atoms with Gasteiger partial charge in [0, 0.05) is 32.7 Å². The van der Waals surface area contributed by atoms with Gasteiger partial charge in [-0.15, -0.1) is 0 Å². The molecule has 1 saturated heterocycles. The van der Waals surface area contributed by atoms with E-state index in [0.717, 1.165) is 30.8 Å². The first-order valence-electron chi connectivity index (χ1n) is 8.34. The van der Waals surface area contributed by atoms with Crippen molar-refractivity contribution in [1.29, 1.82) is 5.26 Å². The van der Waals surface area contributed by atoms with Crippen LogP contribution in [0.1, 0.15) is 27.0 Å². The highest BCUT2D eigenvalue weighted by Gasteiger charge is 2.23. The number of hydrogen-bond acceptors (Lipinski definition) is 3. The van der Waals surface area contributed by atoms with Gasteiger partial charge in [-0.2, -0.15) is 5.26 Å². The SMILES string of the molecule is Cc1ccc(C(=O)N2CCN(Cc3ccccc3C#N)CC2)c(Cl)c1. The second-order valence-electron chi connectivity index (χ2n) is 6.32. The Balaban J connectivity index is 1.62. The molecular formula is C20H20ClN3O. The number of nitriles is 1. The highest BCUT2D eigenvalue weighted by Crippen LogP contribution is 2.20. The molecule has 128 valence electrons. The maximum absolute atomic E-state index is 12.7. The van der Waals surface area contributed by atoms with E-state index in [1.54, 1.807) is 6.07 Å². The van der Waals surface area contributed by atoms with Gasteiger partial charge in [0.1, 0.15) is 0 Å². The standard InChI is InChI=1S/C20H20ClN3O/c1-15-6-7-18(19(21)12-15)20(25)24-10-8-23(9-11-24)14-17-5-3-2-4-16(17)13-22/h2-7,12H,8-11,14H2,1H3. The van der Waals surface area contributed by atoms with E-state index in [9.17, 15) is 10.1 Å². The van der Waals surface area contributed by atoms with Gasteiger partial charge in [-0.05, 0) is 36.2 Å². The average Bonchev–Trinajstić information content (AvgIpc) is 2.62. The van der Waals surface area contributed by atoms with Gasteiger partial charge >= 0.3 is 0 Å². The molecule has 2 aromatic carbocycles. The lowest BCUT2D eigenvalue weighted by Gasteiger charge is -2.35. The van der Waals surface area contributed by atoms with Gasteiger partial charge in [-0.3, -0.25) is 9.69 Å². The van der Waals surface area contributed by atoms with Crippen LogP contribution in [-0.4, -0.2) is 41.9 Å². The molecule has 1 aliphatic rings. The minimum absolute atomic E-state index is 0.0120. The van der Waals surface area contributed by atoms with Crippen molar-refractivity contribution in [2.75, 3.05) is 26.2 Å². The number of benzene rings is 2. The normalized spacial score (nSPS) is 15.0. The zero-order valence-corrected chi connectivity index (χ0v) is 15.0. The Hall–Kier alpha value is -2.35. The predicted molar refractivity (Wildman–Crippen MR) is 98.5 cm³/mol. The van der Waals surface area contributed by atoms with Crippen molar-refractivity contribution in [3.8, 4) is 6.07 Å². The topological polar surface area (TPSA) is 47.3 Å². The molecule has 2 aromatic rings. The van der Waals surface area contributed by atoms with Gasteiger partial charge in [0.2, 0.25) is 0 Å². The van der Waals surface area contributed by atoms with E-state index in [2.05, 4.69) is 11.0 Å². The van der Waals surface area contributed by atoms with Crippen molar-refractivity contribution < 1.29 is 4.79 Å². The molecule has 3 rings (SSSR count). The van der Waals surface area contributed by atoms with Gasteiger partial charge in [0.25, 0.3) is 5.91 Å². The maximum atomic E-state index is 12.7. The summed E-state index contributed by atoms with van der Waals surface area (Å²) in [5, 5.41) is 9.71. The zero-order chi connectivity index (χ0) is 17.8. The highest BCUT2D eigenvalue weighted by molar-refractivity contribution is 6.33. The first kappa shape index (κ1) is 17.5. The quantitative estimate of drug-likeness (QED) is 0.848. The molecule has 0 spiro atoms. The van der Waals surface area contributed by atoms with Crippen LogP contribution in [0.3, 0.4) is 0 Å². The Bertz CT molecular complexity index is 820. The van der Waals surface area contributed by atoms with Crippen molar-refractivity contribution in [3.05, 3.63) is 69.7 Å². The molecule has 0 bridgehead atoms. The van der Waals surface area contributed by atoms with Crippen molar-refractivity contribution in [3.63, 3.8) is 0 Å². The molecule has 0 radical (unpaired) electrons. The van der Waals surface area contributed by atoms with Crippen LogP contribution in [0.4, 0.5) is 0 Å². The van der Waals surface area contributed by atoms with Gasteiger partial charge in [-0.1, -0.05) is 35.9 Å². The summed E-state index contributed by atoms with van der Waals surface area (Å²) in [6.45, 7) is 5.59. The first-order chi connectivity index (χ1) is 12.1. The van der Waals surface area contributed by atoms with Crippen molar-refractivity contribution in [2.45, 2.75) is 13.5 Å². The summed E-state index contributed by atoms with van der Waals surface area (Å²) in [4.78, 5) is 16.8. The average molecular weight is 354 g/mol. The smallest absolute Gasteiger partial charge is 0.255 e. The predicted octanol–water partition coefficient (Wildman–Crippen LogP) is 3.48. The molecule has 0 aliphatic carbocycles. The molecule has 25 heavy (non-hydrogen) atoms. The third-order valence-electron chi connectivity index (χ3n) is 4.55. The Labute approximate surface area is 153 Å².